The van der Waals surface area contributed by atoms with Gasteiger partial charge in [0.25, 0.3) is 0 Å². The highest BCUT2D eigenvalue weighted by Crippen LogP contribution is 2.22. The molecule has 0 unspecified atom stereocenters. The molecule has 0 amide bonds. The van der Waals surface area contributed by atoms with Gasteiger partial charge in [-0.3, -0.25) is 4.98 Å². The Morgan fingerprint density at radius 2 is 2.15 bits per heavy atom. The average molecular weight is 243 g/mol. The quantitative estimate of drug-likeness (QED) is 0.861. The van der Waals surface area contributed by atoms with Gasteiger partial charge in [0.2, 0.25) is 0 Å². The molecule has 1 aromatic heterocycles. The van der Waals surface area contributed by atoms with Crippen LogP contribution in [0.2, 0.25) is 0 Å². The van der Waals surface area contributed by atoms with E-state index in [4.69, 9.17) is 0 Å². The van der Waals surface area contributed by atoms with E-state index in [2.05, 4.69) is 47.0 Å². The van der Waals surface area contributed by atoms with Crippen LogP contribution in [-0.4, -0.2) is 11.5 Å². The predicted octanol–water partition coefficient (Wildman–Crippen LogP) is 3.30. The lowest BCUT2D eigenvalue weighted by Crippen LogP contribution is -2.19. The zero-order chi connectivity index (χ0) is 9.90. The third-order valence-corrected chi connectivity index (χ3v) is 2.21. The summed E-state index contributed by atoms with van der Waals surface area (Å²) in [7, 11) is 0. The monoisotopic (exact) mass is 242 g/mol. The fraction of sp³-hybridized carbons (Fsp3) is 0.500. The zero-order valence-electron chi connectivity index (χ0n) is 8.26. The van der Waals surface area contributed by atoms with Gasteiger partial charge >= 0.3 is 0 Å². The van der Waals surface area contributed by atoms with E-state index in [9.17, 15) is 0 Å². The van der Waals surface area contributed by atoms with Crippen molar-refractivity contribution in [2.75, 3.05) is 11.9 Å². The van der Waals surface area contributed by atoms with Crippen LogP contribution in [0.5, 0.6) is 0 Å². The van der Waals surface area contributed by atoms with Crippen LogP contribution >= 0.6 is 15.9 Å². The van der Waals surface area contributed by atoms with Gasteiger partial charge in [-0.1, -0.05) is 20.8 Å². The van der Waals surface area contributed by atoms with Crippen LogP contribution < -0.4 is 5.32 Å². The normalized spacial score (nSPS) is 11.4. The van der Waals surface area contributed by atoms with Crippen molar-refractivity contribution >= 4 is 21.6 Å². The van der Waals surface area contributed by atoms with Crippen molar-refractivity contribution < 1.29 is 0 Å². The lowest BCUT2D eigenvalue weighted by molar-refractivity contribution is 0.443. The van der Waals surface area contributed by atoms with E-state index in [1.54, 1.807) is 12.4 Å². The molecule has 0 aliphatic heterocycles. The van der Waals surface area contributed by atoms with E-state index in [1.807, 2.05) is 6.07 Å². The van der Waals surface area contributed by atoms with Crippen LogP contribution in [0.4, 0.5) is 5.69 Å². The SMILES string of the molecule is CC(C)(C)CNc1ccncc1Br. The molecule has 0 saturated heterocycles. The number of anilines is 1. The maximum atomic E-state index is 4.00. The number of rotatable bonds is 2. The number of hydrogen-bond acceptors (Lipinski definition) is 2. The lowest BCUT2D eigenvalue weighted by atomic mass is 9.97. The standard InChI is InChI=1S/C10H15BrN2/c1-10(2,3)7-13-9-4-5-12-6-8(9)11/h4-6H,7H2,1-3H3,(H,12,13). The minimum Gasteiger partial charge on any atom is -0.384 e. The van der Waals surface area contributed by atoms with E-state index < -0.39 is 0 Å². The van der Waals surface area contributed by atoms with Gasteiger partial charge in [0.15, 0.2) is 0 Å². The maximum absolute atomic E-state index is 4.00. The molecule has 1 heterocycles. The van der Waals surface area contributed by atoms with E-state index in [-0.39, 0.29) is 0 Å². The van der Waals surface area contributed by atoms with E-state index in [1.165, 1.54) is 0 Å². The highest BCUT2D eigenvalue weighted by atomic mass is 79.9. The molecular formula is C10H15BrN2. The molecule has 72 valence electrons. The second kappa shape index (κ2) is 4.09. The predicted molar refractivity (Wildman–Crippen MR) is 59.9 cm³/mol. The Bertz CT molecular complexity index is 278. The van der Waals surface area contributed by atoms with Crippen molar-refractivity contribution in [1.29, 1.82) is 0 Å². The number of pyridine rings is 1. The maximum Gasteiger partial charge on any atom is 0.0590 e. The molecule has 3 heteroatoms. The number of hydrogen-bond donors (Lipinski definition) is 1. The fourth-order valence-electron chi connectivity index (χ4n) is 0.879. The third-order valence-electron chi connectivity index (χ3n) is 1.58. The molecule has 0 radical (unpaired) electrons. The van der Waals surface area contributed by atoms with Gasteiger partial charge in [-0.05, 0) is 27.4 Å². The highest BCUT2D eigenvalue weighted by Gasteiger charge is 2.09. The van der Waals surface area contributed by atoms with Crippen molar-refractivity contribution in [2.24, 2.45) is 5.41 Å². The van der Waals surface area contributed by atoms with Crippen LogP contribution in [0.25, 0.3) is 0 Å². The summed E-state index contributed by atoms with van der Waals surface area (Å²) in [4.78, 5) is 4.00. The first-order chi connectivity index (χ1) is 5.99. The lowest BCUT2D eigenvalue weighted by Gasteiger charge is -2.19. The Labute approximate surface area is 87.9 Å². The first-order valence-corrected chi connectivity index (χ1v) is 5.12. The van der Waals surface area contributed by atoms with E-state index in [0.29, 0.717) is 5.41 Å². The topological polar surface area (TPSA) is 24.9 Å². The summed E-state index contributed by atoms with van der Waals surface area (Å²) in [6.45, 7) is 7.56. The molecule has 0 saturated carbocycles. The molecule has 0 aliphatic rings. The average Bonchev–Trinajstić information content (AvgIpc) is 2.01. The molecule has 2 nitrogen and oxygen atoms in total. The van der Waals surface area contributed by atoms with Gasteiger partial charge in [-0.25, -0.2) is 0 Å². The number of nitrogens with zero attached hydrogens (tertiary/aromatic N) is 1. The summed E-state index contributed by atoms with van der Waals surface area (Å²) >= 11 is 3.44. The molecule has 0 atom stereocenters. The van der Waals surface area contributed by atoms with Gasteiger partial charge in [-0.15, -0.1) is 0 Å². The minimum absolute atomic E-state index is 0.294. The van der Waals surface area contributed by atoms with Gasteiger partial charge < -0.3 is 5.32 Å². The van der Waals surface area contributed by atoms with Crippen LogP contribution in [0, 0.1) is 5.41 Å². The van der Waals surface area contributed by atoms with Gasteiger partial charge in [0, 0.05) is 18.9 Å². The van der Waals surface area contributed by atoms with E-state index in [0.717, 1.165) is 16.7 Å². The van der Waals surface area contributed by atoms with Crippen LogP contribution in [-0.2, 0) is 0 Å². The summed E-state index contributed by atoms with van der Waals surface area (Å²) < 4.78 is 1.01. The number of halogens is 1. The first-order valence-electron chi connectivity index (χ1n) is 4.32. The van der Waals surface area contributed by atoms with E-state index >= 15 is 0 Å². The van der Waals surface area contributed by atoms with Crippen LogP contribution in [0.15, 0.2) is 22.9 Å². The smallest absolute Gasteiger partial charge is 0.0590 e. The Morgan fingerprint density at radius 3 is 2.69 bits per heavy atom. The largest absolute Gasteiger partial charge is 0.384 e. The van der Waals surface area contributed by atoms with Crippen molar-refractivity contribution in [3.63, 3.8) is 0 Å². The first kappa shape index (κ1) is 10.5. The van der Waals surface area contributed by atoms with Gasteiger partial charge in [0.05, 0.1) is 10.2 Å². The Hall–Kier alpha value is -0.570. The molecular weight excluding hydrogens is 228 g/mol. The second-order valence-electron chi connectivity index (χ2n) is 4.27. The van der Waals surface area contributed by atoms with Crippen molar-refractivity contribution in [1.82, 2.24) is 4.98 Å². The molecule has 0 fully saturated rings. The van der Waals surface area contributed by atoms with Crippen LogP contribution in [0.3, 0.4) is 0 Å². The fourth-order valence-corrected chi connectivity index (χ4v) is 1.27. The summed E-state index contributed by atoms with van der Waals surface area (Å²) in [6.07, 6.45) is 3.58. The summed E-state index contributed by atoms with van der Waals surface area (Å²) in [5.74, 6) is 0. The van der Waals surface area contributed by atoms with Gasteiger partial charge in [-0.2, -0.15) is 0 Å². The van der Waals surface area contributed by atoms with Gasteiger partial charge in [0.1, 0.15) is 0 Å². The highest BCUT2D eigenvalue weighted by molar-refractivity contribution is 9.10. The summed E-state index contributed by atoms with van der Waals surface area (Å²) in [5.41, 5.74) is 1.40. The molecule has 13 heavy (non-hydrogen) atoms. The second-order valence-corrected chi connectivity index (χ2v) is 5.12. The molecule has 1 rings (SSSR count). The number of aromatic nitrogens is 1. The Balaban J connectivity index is 2.60. The number of nitrogens with one attached hydrogen (secondary N) is 1. The van der Waals surface area contributed by atoms with Crippen molar-refractivity contribution in [2.45, 2.75) is 20.8 Å². The molecule has 0 bridgehead atoms. The summed E-state index contributed by atoms with van der Waals surface area (Å²) in [5, 5.41) is 3.37. The Morgan fingerprint density at radius 1 is 1.46 bits per heavy atom. The zero-order valence-corrected chi connectivity index (χ0v) is 9.85. The van der Waals surface area contributed by atoms with Crippen LogP contribution in [0.1, 0.15) is 20.8 Å². The molecule has 0 spiro atoms. The van der Waals surface area contributed by atoms with Crippen molar-refractivity contribution in [3.05, 3.63) is 22.9 Å². The molecule has 0 aromatic carbocycles. The molecule has 1 aromatic rings. The Kier molecular flexibility index (Phi) is 3.31. The minimum atomic E-state index is 0.294. The summed E-state index contributed by atoms with van der Waals surface area (Å²) in [6, 6.07) is 1.97. The molecule has 1 N–H and O–H groups in total. The molecule has 0 aliphatic carbocycles. The van der Waals surface area contributed by atoms with Crippen molar-refractivity contribution in [3.8, 4) is 0 Å². The third kappa shape index (κ3) is 3.77.